The summed E-state index contributed by atoms with van der Waals surface area (Å²) in [5.74, 6) is -0.221. The maximum atomic E-state index is 15.0. The second kappa shape index (κ2) is 10.9. The van der Waals surface area contributed by atoms with Crippen LogP contribution in [-0.4, -0.2) is 19.0 Å². The number of rotatable bonds is 7. The summed E-state index contributed by atoms with van der Waals surface area (Å²) in [5, 5.41) is 0. The molecule has 1 heterocycles. The molecule has 1 saturated carbocycles. The van der Waals surface area contributed by atoms with Gasteiger partial charge in [0.1, 0.15) is 17.3 Å². The van der Waals surface area contributed by atoms with E-state index in [1.54, 1.807) is 19.9 Å². The van der Waals surface area contributed by atoms with E-state index in [9.17, 15) is 18.0 Å². The summed E-state index contributed by atoms with van der Waals surface area (Å²) in [6.45, 7) is 3.86. The number of hydrogen-bond acceptors (Lipinski definition) is 3. The highest BCUT2D eigenvalue weighted by Gasteiger charge is 2.30. The Balaban J connectivity index is 1.38. The van der Waals surface area contributed by atoms with E-state index < -0.39 is 17.8 Å². The minimum atomic E-state index is -2.94. The predicted octanol–water partition coefficient (Wildman–Crippen LogP) is 7.66. The van der Waals surface area contributed by atoms with E-state index in [1.807, 2.05) is 0 Å². The van der Waals surface area contributed by atoms with Crippen molar-refractivity contribution in [1.29, 1.82) is 0 Å². The zero-order valence-corrected chi connectivity index (χ0v) is 19.9. The number of carbonyl (C=O) groups excluding carboxylic acids is 1. The lowest BCUT2D eigenvalue weighted by atomic mass is 9.77. The Hall–Kier alpha value is -2.34. The first-order chi connectivity index (χ1) is 16.4. The van der Waals surface area contributed by atoms with Crippen LogP contribution in [-0.2, 0) is 9.53 Å². The van der Waals surface area contributed by atoms with Crippen LogP contribution >= 0.6 is 0 Å². The molecule has 6 heteroatoms. The van der Waals surface area contributed by atoms with Crippen molar-refractivity contribution in [2.75, 3.05) is 13.2 Å². The predicted molar refractivity (Wildman–Crippen MR) is 125 cm³/mol. The van der Waals surface area contributed by atoms with E-state index in [4.69, 9.17) is 9.47 Å². The highest BCUT2D eigenvalue weighted by Crippen LogP contribution is 2.41. The Labute approximate surface area is 199 Å². The van der Waals surface area contributed by atoms with Gasteiger partial charge in [-0.1, -0.05) is 30.3 Å². The third-order valence-electron chi connectivity index (χ3n) is 7.49. The first kappa shape index (κ1) is 24.8. The van der Waals surface area contributed by atoms with Gasteiger partial charge in [-0.25, -0.2) is 13.2 Å². The van der Waals surface area contributed by atoms with Crippen LogP contribution in [0.3, 0.4) is 0 Å². The van der Waals surface area contributed by atoms with E-state index in [-0.39, 0.29) is 42.5 Å². The average Bonchev–Trinajstić information content (AvgIpc) is 2.84. The second-order valence-corrected chi connectivity index (χ2v) is 9.54. The lowest BCUT2D eigenvalue weighted by Gasteiger charge is -2.31. The first-order valence-electron chi connectivity index (χ1n) is 12.3. The van der Waals surface area contributed by atoms with Crippen molar-refractivity contribution >= 4 is 5.78 Å². The average molecular weight is 475 g/mol. The van der Waals surface area contributed by atoms with Gasteiger partial charge in [0, 0.05) is 11.8 Å². The maximum Gasteiger partial charge on any atom is 0.270 e. The van der Waals surface area contributed by atoms with Crippen molar-refractivity contribution in [3.8, 4) is 5.75 Å². The van der Waals surface area contributed by atoms with Gasteiger partial charge in [-0.15, -0.1) is 0 Å². The fourth-order valence-electron chi connectivity index (χ4n) is 5.47. The molecular formula is C28H33F3O3. The molecule has 2 aliphatic rings. The molecule has 2 unspecified atom stereocenters. The number of Topliss-reactive ketones (excluding diaryl/α,β-unsaturated/α-hetero) is 1. The quantitative estimate of drug-likeness (QED) is 0.413. The van der Waals surface area contributed by atoms with Crippen LogP contribution in [0, 0.1) is 11.7 Å². The van der Waals surface area contributed by atoms with Crippen molar-refractivity contribution in [1.82, 2.24) is 0 Å². The van der Waals surface area contributed by atoms with Crippen molar-refractivity contribution in [3.63, 3.8) is 0 Å². The van der Waals surface area contributed by atoms with Gasteiger partial charge in [0.2, 0.25) is 0 Å². The van der Waals surface area contributed by atoms with E-state index in [0.717, 1.165) is 31.2 Å². The molecule has 2 aromatic rings. The molecule has 0 aromatic heterocycles. The van der Waals surface area contributed by atoms with Gasteiger partial charge in [0.25, 0.3) is 6.43 Å². The van der Waals surface area contributed by atoms with Crippen LogP contribution in [0.15, 0.2) is 36.4 Å². The van der Waals surface area contributed by atoms with Crippen molar-refractivity contribution < 1.29 is 27.4 Å². The fourth-order valence-corrected chi connectivity index (χ4v) is 5.47. The van der Waals surface area contributed by atoms with Gasteiger partial charge < -0.3 is 9.47 Å². The van der Waals surface area contributed by atoms with Gasteiger partial charge in [0.15, 0.2) is 0 Å². The fraction of sp³-hybridized carbons (Fsp3) is 0.536. The molecule has 2 atom stereocenters. The smallest absolute Gasteiger partial charge is 0.270 e. The highest BCUT2D eigenvalue weighted by atomic mass is 19.3. The third-order valence-corrected chi connectivity index (χ3v) is 7.49. The van der Waals surface area contributed by atoms with E-state index in [2.05, 4.69) is 24.3 Å². The third kappa shape index (κ3) is 5.32. The van der Waals surface area contributed by atoms with Crippen LogP contribution in [0.2, 0.25) is 0 Å². The molecule has 0 amide bonds. The van der Waals surface area contributed by atoms with Gasteiger partial charge in [-0.2, -0.15) is 0 Å². The topological polar surface area (TPSA) is 35.5 Å². The Morgan fingerprint density at radius 2 is 1.62 bits per heavy atom. The Bertz CT molecular complexity index is 973. The van der Waals surface area contributed by atoms with Gasteiger partial charge in [-0.05, 0) is 81.0 Å². The van der Waals surface area contributed by atoms with Crippen LogP contribution in [0.4, 0.5) is 13.2 Å². The van der Waals surface area contributed by atoms with Crippen LogP contribution < -0.4 is 4.74 Å². The molecule has 1 saturated heterocycles. The summed E-state index contributed by atoms with van der Waals surface area (Å²) in [5.41, 5.74) is 2.00. The Morgan fingerprint density at radius 1 is 0.971 bits per heavy atom. The number of ketones is 1. The molecule has 34 heavy (non-hydrogen) atoms. The van der Waals surface area contributed by atoms with Gasteiger partial charge in [0.05, 0.1) is 24.9 Å². The number of hydrogen-bond donors (Lipinski definition) is 0. The van der Waals surface area contributed by atoms with E-state index >= 15 is 0 Å². The largest absolute Gasteiger partial charge is 0.493 e. The molecule has 1 aliphatic heterocycles. The molecule has 0 spiro atoms. The number of benzene rings is 2. The highest BCUT2D eigenvalue weighted by molar-refractivity contribution is 5.78. The molecule has 184 valence electrons. The van der Waals surface area contributed by atoms with Crippen LogP contribution in [0.1, 0.15) is 99.0 Å². The zero-order chi connectivity index (χ0) is 24.2. The normalized spacial score (nSPS) is 25.4. The Kier molecular flexibility index (Phi) is 7.97. The molecule has 3 nitrogen and oxygen atoms in total. The van der Waals surface area contributed by atoms with Crippen molar-refractivity contribution in [2.45, 2.75) is 76.7 Å². The summed E-state index contributed by atoms with van der Waals surface area (Å²) in [7, 11) is 0. The summed E-state index contributed by atoms with van der Waals surface area (Å²) < 4.78 is 53.2. The van der Waals surface area contributed by atoms with Crippen molar-refractivity contribution in [3.05, 3.63) is 64.5 Å². The molecule has 2 aromatic carbocycles. The molecule has 1 aliphatic carbocycles. The molecule has 0 bridgehead atoms. The van der Waals surface area contributed by atoms with Crippen LogP contribution in [0.5, 0.6) is 5.75 Å². The number of carbonyl (C=O) groups is 1. The maximum absolute atomic E-state index is 15.0. The molecular weight excluding hydrogens is 441 g/mol. The number of ether oxygens (including phenoxy) is 2. The summed E-state index contributed by atoms with van der Waals surface area (Å²) in [6.07, 6.45) is 2.35. The minimum Gasteiger partial charge on any atom is -0.493 e. The van der Waals surface area contributed by atoms with E-state index in [1.165, 1.54) is 11.6 Å². The minimum absolute atomic E-state index is 0.0842. The lowest BCUT2D eigenvalue weighted by molar-refractivity contribution is -0.121. The molecule has 2 fully saturated rings. The monoisotopic (exact) mass is 474 g/mol. The van der Waals surface area contributed by atoms with Gasteiger partial charge in [-0.3, -0.25) is 4.79 Å². The number of halogens is 3. The summed E-state index contributed by atoms with van der Waals surface area (Å²) in [6, 6.07) is 11.5. The van der Waals surface area contributed by atoms with Crippen LogP contribution in [0.25, 0.3) is 0 Å². The standard InChI is InChI=1S/C28H33F3O3/c1-3-33-25-15-13-23(27(29)26(25)28(30)31)22-12-14-24(34-16-22)21-10-8-20(9-11-21)19-6-4-18(5-7-19)17(2)32/h8-11,13,15,18-19,22,24,28H,3-7,12,14,16H2,1-2H3. The summed E-state index contributed by atoms with van der Waals surface area (Å²) >= 11 is 0. The Morgan fingerprint density at radius 3 is 2.18 bits per heavy atom. The molecule has 4 rings (SSSR count). The zero-order valence-electron chi connectivity index (χ0n) is 19.9. The van der Waals surface area contributed by atoms with E-state index in [0.29, 0.717) is 24.5 Å². The molecule has 0 N–H and O–H groups in total. The molecule has 0 radical (unpaired) electrons. The first-order valence-corrected chi connectivity index (χ1v) is 12.3. The van der Waals surface area contributed by atoms with Gasteiger partial charge >= 0.3 is 0 Å². The second-order valence-electron chi connectivity index (χ2n) is 9.54. The lowest BCUT2D eigenvalue weighted by Crippen LogP contribution is -2.21. The number of alkyl halides is 2. The summed E-state index contributed by atoms with van der Waals surface area (Å²) in [4.78, 5) is 11.6. The van der Waals surface area contributed by atoms with Crippen molar-refractivity contribution in [2.24, 2.45) is 5.92 Å². The SMILES string of the molecule is CCOc1ccc(C2CCC(c3ccc(C4CCC(C(C)=O)CC4)cc3)OC2)c(F)c1C(F)F.